The summed E-state index contributed by atoms with van der Waals surface area (Å²) in [6.07, 6.45) is 1.93. The molecule has 0 aromatic rings. The summed E-state index contributed by atoms with van der Waals surface area (Å²) in [5.74, 6) is 0.439. The molecule has 0 aromatic heterocycles. The van der Waals surface area contributed by atoms with Gasteiger partial charge in [0.25, 0.3) is 0 Å². The van der Waals surface area contributed by atoms with Gasteiger partial charge in [0.2, 0.25) is 0 Å². The van der Waals surface area contributed by atoms with Gasteiger partial charge in [-0.2, -0.15) is 4.99 Å². The van der Waals surface area contributed by atoms with Gasteiger partial charge in [-0.05, 0) is 20.1 Å². The van der Waals surface area contributed by atoms with Crippen molar-refractivity contribution in [3.05, 3.63) is 0 Å². The third-order valence-corrected chi connectivity index (χ3v) is 1.76. The summed E-state index contributed by atoms with van der Waals surface area (Å²) in [6.45, 7) is 3.90. The average Bonchev–Trinajstić information content (AvgIpc) is 1.83. The van der Waals surface area contributed by atoms with Crippen molar-refractivity contribution in [3.8, 4) is 0 Å². The average molecular weight is 172 g/mol. The molecule has 0 spiro atoms. The van der Waals surface area contributed by atoms with E-state index in [4.69, 9.17) is 5.73 Å². The molecule has 0 unspecified atom stereocenters. The van der Waals surface area contributed by atoms with Crippen LogP contribution in [0, 0.1) is 0 Å². The summed E-state index contributed by atoms with van der Waals surface area (Å²) in [4.78, 5) is 8.28. The van der Waals surface area contributed by atoms with E-state index in [0.29, 0.717) is 5.96 Å². The lowest BCUT2D eigenvalue weighted by molar-refractivity contribution is 0.479. The third kappa shape index (κ3) is 2.11. The van der Waals surface area contributed by atoms with Crippen LogP contribution in [-0.2, 0) is 0 Å². The molecule has 0 aromatic carbocycles. The predicted octanol–water partition coefficient (Wildman–Crippen LogP) is 0.359. The number of thioether (sulfide) groups is 1. The number of rotatable bonds is 0. The Morgan fingerprint density at radius 1 is 1.55 bits per heavy atom. The molecule has 0 amide bonds. The molecule has 1 aliphatic rings. The molecule has 1 aliphatic heterocycles. The predicted molar refractivity (Wildman–Crippen MR) is 49.8 cm³/mol. The van der Waals surface area contributed by atoms with Gasteiger partial charge < -0.3 is 11.1 Å². The quantitative estimate of drug-likeness (QED) is 0.554. The molecule has 0 atom stereocenters. The summed E-state index contributed by atoms with van der Waals surface area (Å²) in [5.41, 5.74) is 5.21. The normalized spacial score (nSPS) is 21.7. The number of amidine groups is 1. The Balaban J connectivity index is 2.86. The van der Waals surface area contributed by atoms with Crippen LogP contribution < -0.4 is 11.1 Å². The SMILES string of the molecule is CSC1=NC(C)(C)NC(N)=N1. The first-order valence-electron chi connectivity index (χ1n) is 3.30. The van der Waals surface area contributed by atoms with E-state index in [0.717, 1.165) is 5.17 Å². The molecule has 0 bridgehead atoms. The summed E-state index contributed by atoms with van der Waals surface area (Å²) >= 11 is 1.49. The minimum atomic E-state index is -0.315. The van der Waals surface area contributed by atoms with Crippen LogP contribution in [0.3, 0.4) is 0 Å². The Hall–Kier alpha value is -0.710. The van der Waals surface area contributed by atoms with Crippen molar-refractivity contribution in [2.45, 2.75) is 19.5 Å². The smallest absolute Gasteiger partial charge is 0.197 e. The van der Waals surface area contributed by atoms with E-state index in [1.54, 1.807) is 0 Å². The molecule has 1 rings (SSSR count). The molecule has 0 aliphatic carbocycles. The van der Waals surface area contributed by atoms with Crippen LogP contribution in [0.4, 0.5) is 0 Å². The van der Waals surface area contributed by atoms with Crippen molar-refractivity contribution in [2.75, 3.05) is 6.26 Å². The monoisotopic (exact) mass is 172 g/mol. The van der Waals surface area contributed by atoms with E-state index in [1.165, 1.54) is 11.8 Å². The number of guanidine groups is 1. The van der Waals surface area contributed by atoms with Gasteiger partial charge >= 0.3 is 0 Å². The fourth-order valence-electron chi connectivity index (χ4n) is 0.828. The molecule has 0 radical (unpaired) electrons. The Bertz CT molecular complexity index is 219. The van der Waals surface area contributed by atoms with Crippen molar-refractivity contribution in [1.82, 2.24) is 5.32 Å². The molecule has 62 valence electrons. The van der Waals surface area contributed by atoms with Crippen LogP contribution >= 0.6 is 11.8 Å². The zero-order chi connectivity index (χ0) is 8.48. The number of nitrogens with zero attached hydrogens (tertiary/aromatic N) is 2. The van der Waals surface area contributed by atoms with E-state index < -0.39 is 0 Å². The molecule has 0 saturated carbocycles. The molecule has 1 heterocycles. The molecule has 4 nitrogen and oxygen atoms in total. The van der Waals surface area contributed by atoms with Crippen molar-refractivity contribution < 1.29 is 0 Å². The fourth-order valence-corrected chi connectivity index (χ4v) is 1.34. The zero-order valence-electron chi connectivity index (χ0n) is 6.88. The first kappa shape index (κ1) is 8.39. The maximum absolute atomic E-state index is 5.52. The Kier molecular flexibility index (Phi) is 2.08. The molecular formula is C6H12N4S. The van der Waals surface area contributed by atoms with Crippen LogP contribution in [0.15, 0.2) is 9.98 Å². The minimum Gasteiger partial charge on any atom is -0.370 e. The van der Waals surface area contributed by atoms with Gasteiger partial charge in [-0.1, -0.05) is 11.8 Å². The van der Waals surface area contributed by atoms with E-state index in [9.17, 15) is 0 Å². The molecule has 11 heavy (non-hydrogen) atoms. The fraction of sp³-hybridized carbons (Fsp3) is 0.667. The van der Waals surface area contributed by atoms with Crippen LogP contribution in [-0.4, -0.2) is 23.0 Å². The second-order valence-electron chi connectivity index (χ2n) is 2.78. The highest BCUT2D eigenvalue weighted by Gasteiger charge is 2.21. The molecule has 0 saturated heterocycles. The summed E-state index contributed by atoms with van der Waals surface area (Å²) in [7, 11) is 0. The van der Waals surface area contributed by atoms with Gasteiger partial charge in [0, 0.05) is 0 Å². The summed E-state index contributed by atoms with van der Waals surface area (Å²) < 4.78 is 0. The number of hydrogen-bond acceptors (Lipinski definition) is 5. The number of nitrogens with two attached hydrogens (primary N) is 1. The lowest BCUT2D eigenvalue weighted by Crippen LogP contribution is -2.48. The minimum absolute atomic E-state index is 0.315. The second kappa shape index (κ2) is 2.73. The van der Waals surface area contributed by atoms with Crippen LogP contribution in [0.25, 0.3) is 0 Å². The van der Waals surface area contributed by atoms with Crippen molar-refractivity contribution in [1.29, 1.82) is 0 Å². The lowest BCUT2D eigenvalue weighted by Gasteiger charge is -2.25. The Morgan fingerprint density at radius 2 is 2.18 bits per heavy atom. The van der Waals surface area contributed by atoms with Gasteiger partial charge in [-0.15, -0.1) is 0 Å². The van der Waals surface area contributed by atoms with E-state index in [1.807, 2.05) is 20.1 Å². The number of aliphatic imine (C=N–C) groups is 2. The van der Waals surface area contributed by atoms with E-state index in [2.05, 4.69) is 15.3 Å². The highest BCUT2D eigenvalue weighted by atomic mass is 32.2. The summed E-state index contributed by atoms with van der Waals surface area (Å²) in [6, 6.07) is 0. The Morgan fingerprint density at radius 3 is 2.64 bits per heavy atom. The standard InChI is InChI=1S/C6H12N4S/c1-6(2)9-4(7)8-5(10-6)11-3/h1-3H3,(H3,7,8,9,10). The second-order valence-corrected chi connectivity index (χ2v) is 3.55. The van der Waals surface area contributed by atoms with Crippen molar-refractivity contribution in [3.63, 3.8) is 0 Å². The van der Waals surface area contributed by atoms with Gasteiger partial charge in [0.15, 0.2) is 11.1 Å². The van der Waals surface area contributed by atoms with E-state index in [-0.39, 0.29) is 5.66 Å². The maximum Gasteiger partial charge on any atom is 0.197 e. The molecule has 5 heteroatoms. The first-order chi connectivity index (χ1) is 5.03. The molecule has 3 N–H and O–H groups in total. The van der Waals surface area contributed by atoms with Gasteiger partial charge in [-0.3, -0.25) is 0 Å². The first-order valence-corrected chi connectivity index (χ1v) is 4.52. The van der Waals surface area contributed by atoms with Crippen molar-refractivity contribution >= 4 is 22.9 Å². The van der Waals surface area contributed by atoms with Gasteiger partial charge in [0.1, 0.15) is 5.66 Å². The van der Waals surface area contributed by atoms with Crippen LogP contribution in [0.5, 0.6) is 0 Å². The maximum atomic E-state index is 5.52. The largest absolute Gasteiger partial charge is 0.370 e. The molecular weight excluding hydrogens is 160 g/mol. The van der Waals surface area contributed by atoms with Gasteiger partial charge in [-0.25, -0.2) is 4.99 Å². The van der Waals surface area contributed by atoms with Crippen LogP contribution in [0.2, 0.25) is 0 Å². The van der Waals surface area contributed by atoms with Gasteiger partial charge in [0.05, 0.1) is 0 Å². The summed E-state index contributed by atoms with van der Waals surface area (Å²) in [5, 5.41) is 3.67. The highest BCUT2D eigenvalue weighted by molar-refractivity contribution is 8.13. The lowest BCUT2D eigenvalue weighted by atomic mass is 10.2. The number of hydrogen-bond donors (Lipinski definition) is 2. The van der Waals surface area contributed by atoms with Crippen molar-refractivity contribution in [2.24, 2.45) is 15.7 Å². The third-order valence-electron chi connectivity index (χ3n) is 1.21. The number of nitrogens with one attached hydrogen (secondary N) is 1. The zero-order valence-corrected chi connectivity index (χ0v) is 7.70. The Labute approximate surface area is 70.4 Å². The topological polar surface area (TPSA) is 62.8 Å². The van der Waals surface area contributed by atoms with Crippen LogP contribution in [0.1, 0.15) is 13.8 Å². The molecule has 0 fully saturated rings. The van der Waals surface area contributed by atoms with E-state index >= 15 is 0 Å². The highest BCUT2D eigenvalue weighted by Crippen LogP contribution is 2.13.